The van der Waals surface area contributed by atoms with Gasteiger partial charge in [-0.15, -0.1) is 0 Å². The van der Waals surface area contributed by atoms with E-state index in [0.29, 0.717) is 35.8 Å². The van der Waals surface area contributed by atoms with Crippen LogP contribution in [-0.2, 0) is 6.18 Å². The third-order valence-corrected chi connectivity index (χ3v) is 5.64. The Bertz CT molecular complexity index is 1110. The van der Waals surface area contributed by atoms with Crippen molar-refractivity contribution in [3.63, 3.8) is 0 Å². The number of imidazole rings is 1. The lowest BCUT2D eigenvalue weighted by molar-refractivity contribution is -0.141. The number of H-pyrrole nitrogens is 1. The second-order valence-corrected chi connectivity index (χ2v) is 7.37. The fourth-order valence-electron chi connectivity index (χ4n) is 4.35. The van der Waals surface area contributed by atoms with E-state index in [-0.39, 0.29) is 12.1 Å². The fraction of sp³-hybridized carbons (Fsp3) is 0.316. The molecule has 2 bridgehead atoms. The molecule has 0 aliphatic carbocycles. The third kappa shape index (κ3) is 2.86. The number of hydrogen-bond acceptors (Lipinski definition) is 5. The van der Waals surface area contributed by atoms with Crippen LogP contribution in [0.2, 0.25) is 0 Å². The SMILES string of the molecule is NC(=O)c1cccc2[nH]c(N3C[C@@H]4C[C@@H]3CN4c3ccnc(C(F)(F)F)c3)nc12. The summed E-state index contributed by atoms with van der Waals surface area (Å²) in [5.41, 5.74) is 6.68. The smallest absolute Gasteiger partial charge is 0.366 e. The van der Waals surface area contributed by atoms with E-state index >= 15 is 0 Å². The van der Waals surface area contributed by atoms with Crippen molar-refractivity contribution in [2.45, 2.75) is 24.7 Å². The van der Waals surface area contributed by atoms with Gasteiger partial charge in [0.1, 0.15) is 11.2 Å². The predicted octanol–water partition coefficient (Wildman–Crippen LogP) is 2.54. The van der Waals surface area contributed by atoms with Gasteiger partial charge in [0.15, 0.2) is 0 Å². The first-order valence-electron chi connectivity index (χ1n) is 9.16. The largest absolute Gasteiger partial charge is 0.433 e. The summed E-state index contributed by atoms with van der Waals surface area (Å²) in [7, 11) is 0. The molecule has 29 heavy (non-hydrogen) atoms. The molecule has 2 aromatic heterocycles. The number of fused-ring (bicyclic) bond motifs is 3. The number of para-hydroxylation sites is 1. The second-order valence-electron chi connectivity index (χ2n) is 7.37. The maximum atomic E-state index is 13.0. The molecule has 3 aromatic rings. The molecule has 7 nitrogen and oxygen atoms in total. The number of anilines is 2. The van der Waals surface area contributed by atoms with E-state index < -0.39 is 17.8 Å². The summed E-state index contributed by atoms with van der Waals surface area (Å²) >= 11 is 0. The molecule has 2 saturated heterocycles. The number of hydrogen-bond donors (Lipinski definition) is 2. The Morgan fingerprint density at radius 3 is 2.62 bits per heavy atom. The van der Waals surface area contributed by atoms with Crippen molar-refractivity contribution in [2.24, 2.45) is 5.73 Å². The van der Waals surface area contributed by atoms with Crippen molar-refractivity contribution in [3.05, 3.63) is 47.8 Å². The molecule has 0 saturated carbocycles. The van der Waals surface area contributed by atoms with E-state index in [1.165, 1.54) is 6.20 Å². The minimum atomic E-state index is -4.47. The quantitative estimate of drug-likeness (QED) is 0.703. The number of aromatic amines is 1. The van der Waals surface area contributed by atoms with Crippen LogP contribution in [0.4, 0.5) is 24.8 Å². The molecule has 0 radical (unpaired) electrons. The van der Waals surface area contributed by atoms with Gasteiger partial charge in [0, 0.05) is 31.0 Å². The number of benzene rings is 1. The lowest BCUT2D eigenvalue weighted by Crippen LogP contribution is -2.47. The lowest BCUT2D eigenvalue weighted by atomic mass is 10.2. The highest BCUT2D eigenvalue weighted by Gasteiger charge is 2.45. The first-order chi connectivity index (χ1) is 13.8. The molecule has 5 rings (SSSR count). The zero-order chi connectivity index (χ0) is 20.3. The van der Waals surface area contributed by atoms with Crippen LogP contribution in [0.3, 0.4) is 0 Å². The Hall–Kier alpha value is -3.30. The van der Waals surface area contributed by atoms with Crippen molar-refractivity contribution < 1.29 is 18.0 Å². The maximum absolute atomic E-state index is 13.0. The normalized spacial score (nSPS) is 21.3. The van der Waals surface area contributed by atoms with Crippen LogP contribution in [0.1, 0.15) is 22.5 Å². The topological polar surface area (TPSA) is 91.1 Å². The summed E-state index contributed by atoms with van der Waals surface area (Å²) in [4.78, 5) is 27.0. The number of aromatic nitrogens is 3. The van der Waals surface area contributed by atoms with E-state index in [0.717, 1.165) is 18.0 Å². The van der Waals surface area contributed by atoms with E-state index in [2.05, 4.69) is 19.9 Å². The Labute approximate surface area is 163 Å². The van der Waals surface area contributed by atoms with E-state index in [4.69, 9.17) is 5.73 Å². The molecular weight excluding hydrogens is 385 g/mol. The molecule has 4 heterocycles. The Morgan fingerprint density at radius 2 is 1.93 bits per heavy atom. The van der Waals surface area contributed by atoms with Crippen molar-refractivity contribution >= 4 is 28.6 Å². The van der Waals surface area contributed by atoms with Crippen LogP contribution in [-0.4, -0.2) is 46.0 Å². The number of nitrogens with one attached hydrogen (secondary N) is 1. The second kappa shape index (κ2) is 6.10. The first kappa shape index (κ1) is 17.8. The van der Waals surface area contributed by atoms with Gasteiger partial charge >= 0.3 is 6.18 Å². The molecule has 0 spiro atoms. The molecule has 150 valence electrons. The minimum Gasteiger partial charge on any atom is -0.366 e. The molecule has 2 atom stereocenters. The van der Waals surface area contributed by atoms with Crippen LogP contribution in [0.5, 0.6) is 0 Å². The average molecular weight is 402 g/mol. The van der Waals surface area contributed by atoms with Gasteiger partial charge in [-0.2, -0.15) is 13.2 Å². The summed E-state index contributed by atoms with van der Waals surface area (Å²) in [5.74, 6) is 0.104. The molecule has 2 aliphatic rings. The summed E-state index contributed by atoms with van der Waals surface area (Å²) in [6, 6.07) is 8.10. The van der Waals surface area contributed by atoms with Gasteiger partial charge in [-0.25, -0.2) is 4.98 Å². The van der Waals surface area contributed by atoms with Crippen LogP contribution in [0.15, 0.2) is 36.5 Å². The highest BCUT2D eigenvalue weighted by molar-refractivity contribution is 6.04. The minimum absolute atomic E-state index is 0.0762. The number of primary amides is 1. The summed E-state index contributed by atoms with van der Waals surface area (Å²) in [6.45, 7) is 1.21. The van der Waals surface area contributed by atoms with Gasteiger partial charge in [-0.05, 0) is 30.7 Å². The number of pyridine rings is 1. The van der Waals surface area contributed by atoms with E-state index in [1.54, 1.807) is 18.2 Å². The highest BCUT2D eigenvalue weighted by Crippen LogP contribution is 2.38. The molecule has 1 amide bonds. The molecule has 0 unspecified atom stereocenters. The van der Waals surface area contributed by atoms with E-state index in [9.17, 15) is 18.0 Å². The van der Waals surface area contributed by atoms with Crippen molar-refractivity contribution in [3.8, 4) is 0 Å². The maximum Gasteiger partial charge on any atom is 0.433 e. The zero-order valence-corrected chi connectivity index (χ0v) is 15.1. The number of carbonyl (C=O) groups excluding carboxylic acids is 1. The van der Waals surface area contributed by atoms with Crippen molar-refractivity contribution in [1.82, 2.24) is 15.0 Å². The van der Waals surface area contributed by atoms with Crippen LogP contribution in [0.25, 0.3) is 11.0 Å². The zero-order valence-electron chi connectivity index (χ0n) is 15.1. The average Bonchev–Trinajstić information content (AvgIpc) is 3.40. The number of amides is 1. The summed E-state index contributed by atoms with van der Waals surface area (Å²) in [6.07, 6.45) is -2.44. The number of rotatable bonds is 3. The van der Waals surface area contributed by atoms with Crippen LogP contribution in [0, 0.1) is 0 Å². The standard InChI is InChI=1S/C19H17F3N6O/c20-19(21,22)15-7-10(4-5-24-15)27-8-12-6-11(27)9-28(12)18-25-14-3-1-2-13(17(23)29)16(14)26-18/h1-5,7,11-12H,6,8-9H2,(H2,23,29)(H,25,26)/t11-,12+/m0/s1. The number of halogens is 3. The Morgan fingerprint density at radius 1 is 1.17 bits per heavy atom. The summed E-state index contributed by atoms with van der Waals surface area (Å²) in [5, 5.41) is 0. The predicted molar refractivity (Wildman–Crippen MR) is 101 cm³/mol. The van der Waals surface area contributed by atoms with Crippen LogP contribution < -0.4 is 15.5 Å². The van der Waals surface area contributed by atoms with Crippen molar-refractivity contribution in [1.29, 1.82) is 0 Å². The number of carbonyl (C=O) groups is 1. The fourth-order valence-corrected chi connectivity index (χ4v) is 4.35. The monoisotopic (exact) mass is 402 g/mol. The number of nitrogens with two attached hydrogens (primary N) is 1. The molecule has 3 N–H and O–H groups in total. The van der Waals surface area contributed by atoms with Gasteiger partial charge in [-0.1, -0.05) is 6.07 Å². The number of alkyl halides is 3. The number of piperazine rings is 1. The molecule has 10 heteroatoms. The van der Waals surface area contributed by atoms with Gasteiger partial charge in [0.2, 0.25) is 5.95 Å². The summed E-state index contributed by atoms with van der Waals surface area (Å²) < 4.78 is 38.9. The molecule has 2 fully saturated rings. The Kier molecular flexibility index (Phi) is 3.74. The van der Waals surface area contributed by atoms with Gasteiger partial charge in [-0.3, -0.25) is 9.78 Å². The van der Waals surface area contributed by atoms with Crippen molar-refractivity contribution in [2.75, 3.05) is 22.9 Å². The van der Waals surface area contributed by atoms with Gasteiger partial charge < -0.3 is 20.5 Å². The molecule has 2 aliphatic heterocycles. The molecular formula is C19H17F3N6O. The lowest BCUT2D eigenvalue weighted by Gasteiger charge is -2.35. The number of nitrogens with zero attached hydrogens (tertiary/aromatic N) is 4. The van der Waals surface area contributed by atoms with Crippen LogP contribution >= 0.6 is 0 Å². The van der Waals surface area contributed by atoms with E-state index in [1.807, 2.05) is 11.0 Å². The Balaban J connectivity index is 1.40. The first-order valence-corrected chi connectivity index (χ1v) is 9.16. The highest BCUT2D eigenvalue weighted by atomic mass is 19.4. The third-order valence-electron chi connectivity index (χ3n) is 5.64. The van der Waals surface area contributed by atoms with Gasteiger partial charge in [0.05, 0.1) is 17.1 Å². The van der Waals surface area contributed by atoms with Gasteiger partial charge in [0.25, 0.3) is 5.91 Å². The molecule has 1 aromatic carbocycles.